The molecule has 138 valence electrons. The minimum atomic E-state index is -3.53. The first-order valence-corrected chi connectivity index (χ1v) is 10.1. The summed E-state index contributed by atoms with van der Waals surface area (Å²) < 4.78 is 35.0. The van der Waals surface area contributed by atoms with E-state index in [0.717, 1.165) is 28.2 Å². The van der Waals surface area contributed by atoms with E-state index in [2.05, 4.69) is 9.71 Å². The van der Waals surface area contributed by atoms with Crippen LogP contribution in [0.3, 0.4) is 0 Å². The van der Waals surface area contributed by atoms with Crippen molar-refractivity contribution in [3.05, 3.63) is 59.5 Å². The van der Waals surface area contributed by atoms with Crippen LogP contribution in [-0.4, -0.2) is 31.0 Å². The molecule has 3 rings (SSSR count). The largest absolute Gasteiger partial charge is 0.490 e. The third kappa shape index (κ3) is 3.89. The molecule has 0 spiro atoms. The molecule has 6 nitrogen and oxygen atoms in total. The molecule has 2 heterocycles. The number of nitrogens with zero attached hydrogens (tertiary/aromatic N) is 2. The maximum Gasteiger partial charge on any atom is 0.240 e. The maximum absolute atomic E-state index is 12.4. The van der Waals surface area contributed by atoms with E-state index < -0.39 is 10.0 Å². The molecule has 1 aromatic carbocycles. The molecule has 0 atom stereocenters. The Hall–Kier alpha value is -2.38. The number of rotatable bonds is 7. The van der Waals surface area contributed by atoms with Crippen LogP contribution in [-0.2, 0) is 16.4 Å². The number of nitrogens with one attached hydrogen (secondary N) is 1. The second-order valence-electron chi connectivity index (χ2n) is 6.16. The van der Waals surface area contributed by atoms with Crippen LogP contribution in [0.4, 0.5) is 0 Å². The first kappa shape index (κ1) is 18.4. The molecule has 0 saturated carbocycles. The minimum absolute atomic E-state index is 0.281. The molecule has 0 aliphatic heterocycles. The van der Waals surface area contributed by atoms with E-state index in [4.69, 9.17) is 4.74 Å². The highest BCUT2D eigenvalue weighted by atomic mass is 32.2. The van der Waals surface area contributed by atoms with E-state index in [1.54, 1.807) is 12.1 Å². The highest BCUT2D eigenvalue weighted by Gasteiger charge is 2.15. The topological polar surface area (TPSA) is 72.7 Å². The molecule has 7 heteroatoms. The van der Waals surface area contributed by atoms with Gasteiger partial charge in [0, 0.05) is 25.4 Å². The number of ether oxygens (including phenoxy) is 1. The summed E-state index contributed by atoms with van der Waals surface area (Å²) in [5.41, 5.74) is 3.57. The van der Waals surface area contributed by atoms with Crippen LogP contribution < -0.4 is 9.46 Å². The van der Waals surface area contributed by atoms with Gasteiger partial charge in [-0.15, -0.1) is 0 Å². The van der Waals surface area contributed by atoms with Crippen LogP contribution in [0.15, 0.2) is 47.6 Å². The van der Waals surface area contributed by atoms with Gasteiger partial charge in [-0.1, -0.05) is 6.07 Å². The summed E-state index contributed by atoms with van der Waals surface area (Å²) in [5.74, 6) is 0.719. The lowest BCUT2D eigenvalue weighted by molar-refractivity contribution is 0.342. The van der Waals surface area contributed by atoms with E-state index >= 15 is 0 Å². The second kappa shape index (κ2) is 7.47. The van der Waals surface area contributed by atoms with Crippen molar-refractivity contribution in [2.24, 2.45) is 0 Å². The molecule has 0 aliphatic rings. The number of sulfonamides is 1. The molecular weight excluding hydrogens is 350 g/mol. The molecule has 0 unspecified atom stereocenters. The Morgan fingerprint density at radius 3 is 2.73 bits per heavy atom. The van der Waals surface area contributed by atoms with E-state index in [-0.39, 0.29) is 11.4 Å². The van der Waals surface area contributed by atoms with Crippen LogP contribution in [0.5, 0.6) is 5.75 Å². The second-order valence-corrected chi connectivity index (χ2v) is 7.93. The summed E-state index contributed by atoms with van der Waals surface area (Å²) in [7, 11) is -3.53. The van der Waals surface area contributed by atoms with Crippen molar-refractivity contribution in [1.29, 1.82) is 0 Å². The van der Waals surface area contributed by atoms with Crippen LogP contribution >= 0.6 is 0 Å². The summed E-state index contributed by atoms with van der Waals surface area (Å²) in [6, 6.07) is 8.91. The average Bonchev–Trinajstić information content (AvgIpc) is 3.01. The van der Waals surface area contributed by atoms with Crippen LogP contribution in [0.2, 0.25) is 0 Å². The fourth-order valence-corrected chi connectivity index (χ4v) is 3.82. The smallest absolute Gasteiger partial charge is 0.240 e. The third-order valence-electron chi connectivity index (χ3n) is 4.26. The maximum atomic E-state index is 12.4. The molecule has 3 aromatic rings. The van der Waals surface area contributed by atoms with Gasteiger partial charge in [0.15, 0.2) is 11.4 Å². The van der Waals surface area contributed by atoms with E-state index in [9.17, 15) is 8.42 Å². The number of hydrogen-bond acceptors (Lipinski definition) is 4. The molecule has 0 fully saturated rings. The Morgan fingerprint density at radius 2 is 2.00 bits per heavy atom. The number of benzene rings is 1. The summed E-state index contributed by atoms with van der Waals surface area (Å²) in [6.45, 7) is 6.63. The van der Waals surface area contributed by atoms with E-state index in [1.165, 1.54) is 0 Å². The average molecular weight is 373 g/mol. The lowest BCUT2D eigenvalue weighted by Crippen LogP contribution is -2.26. The predicted octanol–water partition coefficient (Wildman–Crippen LogP) is 2.87. The van der Waals surface area contributed by atoms with Gasteiger partial charge in [0.05, 0.1) is 17.2 Å². The van der Waals surface area contributed by atoms with Gasteiger partial charge in [-0.25, -0.2) is 18.1 Å². The lowest BCUT2D eigenvalue weighted by atomic mass is 10.1. The zero-order chi connectivity index (χ0) is 18.7. The molecule has 2 aromatic heterocycles. The molecule has 0 aliphatic carbocycles. The highest BCUT2D eigenvalue weighted by molar-refractivity contribution is 7.89. The zero-order valence-corrected chi connectivity index (χ0v) is 16.0. The summed E-state index contributed by atoms with van der Waals surface area (Å²) in [4.78, 5) is 4.84. The number of aromatic nitrogens is 2. The molecule has 0 amide bonds. The van der Waals surface area contributed by atoms with Crippen molar-refractivity contribution in [1.82, 2.24) is 14.1 Å². The zero-order valence-electron chi connectivity index (χ0n) is 15.2. The summed E-state index contributed by atoms with van der Waals surface area (Å²) in [6.07, 6.45) is 4.28. The minimum Gasteiger partial charge on any atom is -0.490 e. The standard InChI is InChI=1S/C19H23N3O3S/c1-4-25-18-6-5-11-22-13-16(21-19(18)22)9-10-20-26(23,24)17-8-7-14(2)15(3)12-17/h5-8,11-13,20H,4,9-10H2,1-3H3. The van der Waals surface area contributed by atoms with Crippen LogP contribution in [0, 0.1) is 13.8 Å². The van der Waals surface area contributed by atoms with Crippen molar-refractivity contribution in [2.75, 3.05) is 13.2 Å². The molecule has 0 saturated heterocycles. The van der Waals surface area contributed by atoms with Gasteiger partial charge in [-0.2, -0.15) is 0 Å². The number of pyridine rings is 1. The quantitative estimate of drug-likeness (QED) is 0.691. The molecule has 0 radical (unpaired) electrons. The summed E-state index contributed by atoms with van der Waals surface area (Å²) >= 11 is 0. The fourth-order valence-electron chi connectivity index (χ4n) is 2.70. The molecular formula is C19H23N3O3S. The first-order valence-electron chi connectivity index (χ1n) is 8.57. The Kier molecular flexibility index (Phi) is 5.29. The van der Waals surface area contributed by atoms with Gasteiger partial charge in [-0.3, -0.25) is 0 Å². The highest BCUT2D eigenvalue weighted by Crippen LogP contribution is 2.19. The number of fused-ring (bicyclic) bond motifs is 1. The Morgan fingerprint density at radius 1 is 1.19 bits per heavy atom. The van der Waals surface area contributed by atoms with Crippen LogP contribution in [0.25, 0.3) is 5.65 Å². The molecule has 1 N–H and O–H groups in total. The van der Waals surface area contributed by atoms with Gasteiger partial charge in [-0.05, 0) is 56.2 Å². The lowest BCUT2D eigenvalue weighted by Gasteiger charge is -2.08. The number of aryl methyl sites for hydroxylation is 2. The summed E-state index contributed by atoms with van der Waals surface area (Å²) in [5, 5.41) is 0. The van der Waals surface area contributed by atoms with Crippen molar-refractivity contribution >= 4 is 15.7 Å². The van der Waals surface area contributed by atoms with Crippen molar-refractivity contribution in [3.63, 3.8) is 0 Å². The number of hydrogen-bond donors (Lipinski definition) is 1. The van der Waals surface area contributed by atoms with Gasteiger partial charge in [0.2, 0.25) is 10.0 Å². The third-order valence-corrected chi connectivity index (χ3v) is 5.72. The van der Waals surface area contributed by atoms with Crippen LogP contribution in [0.1, 0.15) is 23.7 Å². The van der Waals surface area contributed by atoms with Crippen molar-refractivity contribution in [2.45, 2.75) is 32.1 Å². The number of imidazole rings is 1. The van der Waals surface area contributed by atoms with Gasteiger partial charge in [0.1, 0.15) is 0 Å². The Bertz CT molecular complexity index is 1030. The Balaban J connectivity index is 1.70. The van der Waals surface area contributed by atoms with Crippen molar-refractivity contribution in [3.8, 4) is 5.75 Å². The molecule has 26 heavy (non-hydrogen) atoms. The predicted molar refractivity (Wildman–Crippen MR) is 101 cm³/mol. The molecule has 0 bridgehead atoms. The van der Waals surface area contributed by atoms with E-state index in [0.29, 0.717) is 13.0 Å². The normalized spacial score (nSPS) is 11.8. The van der Waals surface area contributed by atoms with Gasteiger partial charge >= 0.3 is 0 Å². The fraction of sp³-hybridized carbons (Fsp3) is 0.316. The van der Waals surface area contributed by atoms with E-state index in [1.807, 2.05) is 55.8 Å². The SMILES string of the molecule is CCOc1cccn2cc(CCNS(=O)(=O)c3ccc(C)c(C)c3)nc12. The van der Waals surface area contributed by atoms with Gasteiger partial charge < -0.3 is 9.14 Å². The van der Waals surface area contributed by atoms with Gasteiger partial charge in [0.25, 0.3) is 0 Å². The Labute approximate surface area is 153 Å². The van der Waals surface area contributed by atoms with Crippen molar-refractivity contribution < 1.29 is 13.2 Å². The first-order chi connectivity index (χ1) is 12.4. The monoisotopic (exact) mass is 373 g/mol.